The third-order valence-electron chi connectivity index (χ3n) is 4.24. The molecule has 0 amide bonds. The normalized spacial score (nSPS) is 25.0. The van der Waals surface area contributed by atoms with E-state index in [-0.39, 0.29) is 6.54 Å². The lowest BCUT2D eigenvalue weighted by Crippen LogP contribution is -2.37. The van der Waals surface area contributed by atoms with Gasteiger partial charge >= 0.3 is 11.4 Å². The molecule has 1 fully saturated rings. The van der Waals surface area contributed by atoms with Crippen LogP contribution in [0.5, 0.6) is 0 Å². The second-order valence-corrected chi connectivity index (χ2v) is 7.53. The summed E-state index contributed by atoms with van der Waals surface area (Å²) >= 11 is 10.4. The maximum absolute atomic E-state index is 13.4. The molecule has 4 rings (SSSR count). The molecule has 0 saturated carbocycles. The number of benzene rings is 2. The lowest BCUT2D eigenvalue weighted by molar-refractivity contribution is 0.0124. The Morgan fingerprint density at radius 3 is 2.67 bits per heavy atom. The maximum Gasteiger partial charge on any atom is 0.306 e. The van der Waals surface area contributed by atoms with Gasteiger partial charge in [0.25, 0.3) is 0 Å². The molecule has 1 aromatic heterocycles. The fraction of sp³-hybridized carbons (Fsp3) is 0.176. The number of aromatic nitrogens is 3. The Hall–Kier alpha value is -1.84. The Balaban J connectivity index is 1.89. The Labute approximate surface area is 166 Å². The van der Waals surface area contributed by atoms with E-state index < -0.39 is 28.9 Å². The van der Waals surface area contributed by atoms with Crippen molar-refractivity contribution in [1.82, 2.24) is 14.8 Å². The molecule has 0 spiro atoms. The minimum atomic E-state index is -2.05. The first kappa shape index (κ1) is 18.5. The topological polar surface area (TPSA) is 66.2 Å². The minimum Gasteiger partial charge on any atom is -0.257 e. The van der Waals surface area contributed by atoms with E-state index in [0.29, 0.717) is 21.2 Å². The van der Waals surface area contributed by atoms with Crippen LogP contribution in [0.3, 0.4) is 0 Å². The summed E-state index contributed by atoms with van der Waals surface area (Å²) in [7, 11) is 0. The zero-order valence-electron chi connectivity index (χ0n) is 13.6. The van der Waals surface area contributed by atoms with Gasteiger partial charge in [-0.3, -0.25) is 8.37 Å². The van der Waals surface area contributed by atoms with Crippen LogP contribution in [0.1, 0.15) is 17.2 Å². The summed E-state index contributed by atoms with van der Waals surface area (Å²) in [5, 5.41) is 4.87. The van der Waals surface area contributed by atoms with Gasteiger partial charge in [-0.15, -0.1) is 0 Å². The predicted molar refractivity (Wildman–Crippen MR) is 97.6 cm³/mol. The molecule has 27 heavy (non-hydrogen) atoms. The predicted octanol–water partition coefficient (Wildman–Crippen LogP) is 3.99. The van der Waals surface area contributed by atoms with Crippen molar-refractivity contribution >= 4 is 34.6 Å². The second kappa shape index (κ2) is 7.29. The molecule has 140 valence electrons. The van der Waals surface area contributed by atoms with Gasteiger partial charge in [0, 0.05) is 15.6 Å². The SMILES string of the molecule is O=[S@@]1O[C@H](c2ccc(F)cc2)[C@@](Cn2cncn2)(c2ccc(Cl)cc2Cl)O1. The van der Waals surface area contributed by atoms with Gasteiger partial charge < -0.3 is 0 Å². The molecule has 0 N–H and O–H groups in total. The van der Waals surface area contributed by atoms with Crippen molar-refractivity contribution in [3.05, 3.63) is 82.1 Å². The van der Waals surface area contributed by atoms with Crippen molar-refractivity contribution in [3.63, 3.8) is 0 Å². The van der Waals surface area contributed by atoms with Gasteiger partial charge in [0.1, 0.15) is 24.6 Å². The van der Waals surface area contributed by atoms with E-state index in [1.54, 1.807) is 30.3 Å². The van der Waals surface area contributed by atoms with Crippen molar-refractivity contribution in [2.75, 3.05) is 0 Å². The number of nitrogens with zero attached hydrogens (tertiary/aromatic N) is 3. The summed E-state index contributed by atoms with van der Waals surface area (Å²) < 4.78 is 38.5. The number of hydrogen-bond donors (Lipinski definition) is 0. The van der Waals surface area contributed by atoms with Crippen molar-refractivity contribution in [2.24, 2.45) is 0 Å². The molecule has 2 heterocycles. The van der Waals surface area contributed by atoms with Crippen molar-refractivity contribution < 1.29 is 17.0 Å². The van der Waals surface area contributed by atoms with Gasteiger partial charge in [-0.1, -0.05) is 41.4 Å². The molecule has 0 aliphatic carbocycles. The highest BCUT2D eigenvalue weighted by Gasteiger charge is 2.54. The molecule has 6 nitrogen and oxygen atoms in total. The molecule has 1 aliphatic heterocycles. The number of halogens is 3. The van der Waals surface area contributed by atoms with Gasteiger partial charge in [0.2, 0.25) is 0 Å². The first-order chi connectivity index (χ1) is 13.0. The van der Waals surface area contributed by atoms with Crippen LogP contribution >= 0.6 is 23.2 Å². The monoisotopic (exact) mass is 427 g/mol. The van der Waals surface area contributed by atoms with Crippen molar-refractivity contribution in [3.8, 4) is 0 Å². The van der Waals surface area contributed by atoms with E-state index in [1.807, 2.05) is 0 Å². The van der Waals surface area contributed by atoms with Crippen LogP contribution in [0.15, 0.2) is 55.1 Å². The molecular formula is C17H12Cl2FN3O3S. The van der Waals surface area contributed by atoms with Gasteiger partial charge in [-0.2, -0.15) is 9.31 Å². The standard InChI is InChI=1S/C17H12Cl2FN3O3S/c18-12-3-6-14(15(19)7-12)17(8-23-10-21-9-22-23)16(25-27(24)26-17)11-1-4-13(20)5-2-11/h1-7,9-10,16H,8H2/t16-,17-,27-/m1/s1. The quantitative estimate of drug-likeness (QED) is 0.629. The maximum atomic E-state index is 13.4. The highest BCUT2D eigenvalue weighted by atomic mass is 35.5. The van der Waals surface area contributed by atoms with E-state index in [4.69, 9.17) is 31.6 Å². The summed E-state index contributed by atoms with van der Waals surface area (Å²) in [5.41, 5.74) is -0.199. The molecule has 0 radical (unpaired) electrons. The second-order valence-electron chi connectivity index (χ2n) is 5.92. The highest BCUT2D eigenvalue weighted by Crippen LogP contribution is 2.50. The Morgan fingerprint density at radius 1 is 1.22 bits per heavy atom. The lowest BCUT2D eigenvalue weighted by atomic mass is 9.84. The van der Waals surface area contributed by atoms with Crippen LogP contribution in [0, 0.1) is 5.82 Å². The van der Waals surface area contributed by atoms with E-state index in [0.717, 1.165) is 0 Å². The Kier molecular flexibility index (Phi) is 5.00. The molecule has 3 atom stereocenters. The lowest BCUT2D eigenvalue weighted by Gasteiger charge is -2.32. The summed E-state index contributed by atoms with van der Waals surface area (Å²) in [4.78, 5) is 3.93. The fourth-order valence-electron chi connectivity index (χ4n) is 3.07. The molecule has 1 aliphatic rings. The zero-order chi connectivity index (χ0) is 19.0. The van der Waals surface area contributed by atoms with Crippen molar-refractivity contribution in [2.45, 2.75) is 18.2 Å². The minimum absolute atomic E-state index is 0.113. The zero-order valence-corrected chi connectivity index (χ0v) is 15.9. The van der Waals surface area contributed by atoms with E-state index in [2.05, 4.69) is 10.1 Å². The van der Waals surface area contributed by atoms with Gasteiger partial charge in [0.15, 0.2) is 5.60 Å². The molecule has 3 aromatic rings. The fourth-order valence-corrected chi connectivity index (χ4v) is 4.58. The molecular weight excluding hydrogens is 416 g/mol. The van der Waals surface area contributed by atoms with E-state index >= 15 is 0 Å². The van der Waals surface area contributed by atoms with E-state index in [9.17, 15) is 8.60 Å². The van der Waals surface area contributed by atoms with E-state index in [1.165, 1.54) is 29.5 Å². The number of hydrogen-bond acceptors (Lipinski definition) is 5. The summed E-state index contributed by atoms with van der Waals surface area (Å²) in [6.07, 6.45) is 2.04. The molecule has 1 saturated heterocycles. The summed E-state index contributed by atoms with van der Waals surface area (Å²) in [6, 6.07) is 10.6. The third-order valence-corrected chi connectivity index (χ3v) is 5.57. The van der Waals surface area contributed by atoms with Gasteiger partial charge in [0.05, 0.1) is 6.54 Å². The van der Waals surface area contributed by atoms with Crippen molar-refractivity contribution in [1.29, 1.82) is 0 Å². The number of rotatable bonds is 4. The summed E-state index contributed by atoms with van der Waals surface area (Å²) in [6.45, 7) is 0.113. The first-order valence-electron chi connectivity index (χ1n) is 7.80. The highest BCUT2D eigenvalue weighted by molar-refractivity contribution is 7.75. The largest absolute Gasteiger partial charge is 0.306 e. The van der Waals surface area contributed by atoms with Crippen LogP contribution in [0.4, 0.5) is 4.39 Å². The van der Waals surface area contributed by atoms with Crippen LogP contribution in [-0.4, -0.2) is 19.0 Å². The van der Waals surface area contributed by atoms with Gasteiger partial charge in [-0.25, -0.2) is 14.1 Å². The molecule has 0 unspecified atom stereocenters. The smallest absolute Gasteiger partial charge is 0.257 e. The van der Waals surface area contributed by atoms with Crippen LogP contribution in [-0.2, 0) is 31.9 Å². The average Bonchev–Trinajstić information content (AvgIpc) is 3.24. The van der Waals surface area contributed by atoms with Crippen LogP contribution in [0.2, 0.25) is 10.0 Å². The Bertz CT molecular complexity index is 988. The first-order valence-corrected chi connectivity index (χ1v) is 9.55. The average molecular weight is 428 g/mol. The summed E-state index contributed by atoms with van der Waals surface area (Å²) in [5.74, 6) is -0.398. The molecule has 10 heteroatoms. The van der Waals surface area contributed by atoms with Gasteiger partial charge in [-0.05, 0) is 29.8 Å². The van der Waals surface area contributed by atoms with Crippen LogP contribution in [0.25, 0.3) is 0 Å². The third kappa shape index (κ3) is 3.51. The molecule has 0 bridgehead atoms. The molecule has 2 aromatic carbocycles. The Morgan fingerprint density at radius 2 is 2.00 bits per heavy atom. The van der Waals surface area contributed by atoms with Crippen LogP contribution < -0.4 is 0 Å².